The predicted molar refractivity (Wildman–Crippen MR) is 107 cm³/mol. The first kappa shape index (κ1) is 20.4. The number of aromatic nitrogens is 2. The number of benzene rings is 1. The van der Waals surface area contributed by atoms with Crippen LogP contribution >= 0.6 is 0 Å². The number of nitrogens with zero attached hydrogens (tertiary/aromatic N) is 5. The molecule has 27 heavy (non-hydrogen) atoms. The molecule has 1 aromatic heterocycles. The van der Waals surface area contributed by atoms with E-state index in [1.165, 1.54) is 6.07 Å². The van der Waals surface area contributed by atoms with Gasteiger partial charge in [0, 0.05) is 45.0 Å². The lowest BCUT2D eigenvalue weighted by atomic mass is 10.1. The average Bonchev–Trinajstić information content (AvgIpc) is 2.99. The highest BCUT2D eigenvalue weighted by atomic mass is 16.6. The van der Waals surface area contributed by atoms with Crippen molar-refractivity contribution in [1.29, 1.82) is 0 Å². The van der Waals surface area contributed by atoms with Gasteiger partial charge in [0.1, 0.15) is 0 Å². The molecule has 8 nitrogen and oxygen atoms in total. The molecule has 0 aliphatic carbocycles. The van der Waals surface area contributed by atoms with Crippen LogP contribution < -0.4 is 5.32 Å². The van der Waals surface area contributed by atoms with Gasteiger partial charge in [-0.15, -0.1) is 0 Å². The second kappa shape index (κ2) is 9.16. The van der Waals surface area contributed by atoms with Crippen LogP contribution in [0.4, 0.5) is 5.69 Å². The number of nitro groups is 1. The standard InChI is InChI=1S/C19H28N6O2/c1-6-20-19(21-11-15-9-7-8-10-17(15)25(26)27)23(4)12-16-13-24(5)22-18(16)14(2)3/h7-10,13-14H,6,11-12H2,1-5H3,(H,20,21). The molecule has 0 aliphatic rings. The van der Waals surface area contributed by atoms with Crippen LogP contribution in [0.25, 0.3) is 0 Å². The number of nitrogens with one attached hydrogen (secondary N) is 1. The Morgan fingerprint density at radius 1 is 1.37 bits per heavy atom. The highest BCUT2D eigenvalue weighted by Gasteiger charge is 2.16. The Bertz CT molecular complexity index is 812. The maximum Gasteiger partial charge on any atom is 0.274 e. The van der Waals surface area contributed by atoms with Gasteiger partial charge >= 0.3 is 0 Å². The van der Waals surface area contributed by atoms with E-state index in [1.807, 2.05) is 36.8 Å². The molecule has 0 amide bonds. The monoisotopic (exact) mass is 372 g/mol. The van der Waals surface area contributed by atoms with Crippen molar-refractivity contribution in [2.45, 2.75) is 39.8 Å². The minimum Gasteiger partial charge on any atom is -0.357 e. The molecule has 0 radical (unpaired) electrons. The summed E-state index contributed by atoms with van der Waals surface area (Å²) in [6, 6.07) is 6.70. The second-order valence-corrected chi connectivity index (χ2v) is 6.78. The van der Waals surface area contributed by atoms with E-state index in [-0.39, 0.29) is 17.2 Å². The highest BCUT2D eigenvalue weighted by Crippen LogP contribution is 2.20. The lowest BCUT2D eigenvalue weighted by Gasteiger charge is -2.22. The maximum absolute atomic E-state index is 11.2. The number of hydrogen-bond acceptors (Lipinski definition) is 4. The molecule has 0 saturated carbocycles. The maximum atomic E-state index is 11.2. The van der Waals surface area contributed by atoms with E-state index >= 15 is 0 Å². The lowest BCUT2D eigenvalue weighted by Crippen LogP contribution is -2.38. The van der Waals surface area contributed by atoms with Gasteiger partial charge in [-0.05, 0) is 12.8 Å². The number of rotatable bonds is 7. The number of para-hydroxylation sites is 1. The second-order valence-electron chi connectivity index (χ2n) is 6.78. The molecule has 0 unspecified atom stereocenters. The molecule has 1 N–H and O–H groups in total. The van der Waals surface area contributed by atoms with Gasteiger partial charge in [-0.25, -0.2) is 4.99 Å². The van der Waals surface area contributed by atoms with E-state index < -0.39 is 0 Å². The summed E-state index contributed by atoms with van der Waals surface area (Å²) in [5.41, 5.74) is 2.90. The van der Waals surface area contributed by atoms with Crippen LogP contribution in [0.15, 0.2) is 35.5 Å². The summed E-state index contributed by atoms with van der Waals surface area (Å²) in [4.78, 5) is 17.4. The summed E-state index contributed by atoms with van der Waals surface area (Å²) in [6.45, 7) is 7.86. The molecular weight excluding hydrogens is 344 g/mol. The van der Waals surface area contributed by atoms with Crippen LogP contribution in [-0.2, 0) is 20.1 Å². The van der Waals surface area contributed by atoms with Gasteiger partial charge in [0.25, 0.3) is 5.69 Å². The van der Waals surface area contributed by atoms with Crippen LogP contribution in [0, 0.1) is 10.1 Å². The van der Waals surface area contributed by atoms with Gasteiger partial charge in [0.05, 0.1) is 22.7 Å². The van der Waals surface area contributed by atoms with Gasteiger partial charge in [-0.1, -0.05) is 32.0 Å². The molecule has 0 fully saturated rings. The number of nitro benzene ring substituents is 1. The Balaban J connectivity index is 2.21. The topological polar surface area (TPSA) is 88.6 Å². The fourth-order valence-corrected chi connectivity index (χ4v) is 2.95. The summed E-state index contributed by atoms with van der Waals surface area (Å²) < 4.78 is 1.83. The van der Waals surface area contributed by atoms with E-state index in [9.17, 15) is 10.1 Å². The average molecular weight is 372 g/mol. The molecule has 0 aliphatic heterocycles. The van der Waals surface area contributed by atoms with Crippen molar-refractivity contribution in [3.8, 4) is 0 Å². The van der Waals surface area contributed by atoms with Gasteiger partial charge in [0.15, 0.2) is 5.96 Å². The summed E-state index contributed by atoms with van der Waals surface area (Å²) in [7, 11) is 3.88. The Morgan fingerprint density at radius 3 is 2.70 bits per heavy atom. The summed E-state index contributed by atoms with van der Waals surface area (Å²) >= 11 is 0. The Labute approximate surface area is 160 Å². The summed E-state index contributed by atoms with van der Waals surface area (Å²) in [5, 5.41) is 19.0. The number of guanidine groups is 1. The zero-order chi connectivity index (χ0) is 20.0. The van der Waals surface area contributed by atoms with Crippen LogP contribution in [-0.4, -0.2) is 39.2 Å². The van der Waals surface area contributed by atoms with Gasteiger partial charge < -0.3 is 10.2 Å². The van der Waals surface area contributed by atoms with Crippen molar-refractivity contribution < 1.29 is 4.92 Å². The molecule has 8 heteroatoms. The smallest absolute Gasteiger partial charge is 0.274 e. The van der Waals surface area contributed by atoms with Crippen LogP contribution in [0.5, 0.6) is 0 Å². The van der Waals surface area contributed by atoms with Crippen molar-refractivity contribution in [1.82, 2.24) is 20.0 Å². The fourth-order valence-electron chi connectivity index (χ4n) is 2.95. The molecule has 2 rings (SSSR count). The van der Waals surface area contributed by atoms with E-state index in [0.29, 0.717) is 30.5 Å². The van der Waals surface area contributed by atoms with Crippen molar-refractivity contribution in [3.05, 3.63) is 57.4 Å². The molecule has 0 saturated heterocycles. The Kier molecular flexibility index (Phi) is 6.92. The van der Waals surface area contributed by atoms with Crippen molar-refractivity contribution in [2.24, 2.45) is 12.0 Å². The lowest BCUT2D eigenvalue weighted by molar-refractivity contribution is -0.385. The predicted octanol–water partition coefficient (Wildman–Crippen LogP) is 3.05. The quantitative estimate of drug-likeness (QED) is 0.349. The molecular formula is C19H28N6O2. The molecule has 2 aromatic rings. The van der Waals surface area contributed by atoms with Crippen LogP contribution in [0.3, 0.4) is 0 Å². The Hall–Kier alpha value is -2.90. The third kappa shape index (κ3) is 5.29. The van der Waals surface area contributed by atoms with E-state index in [2.05, 4.69) is 29.3 Å². The first-order chi connectivity index (χ1) is 12.8. The summed E-state index contributed by atoms with van der Waals surface area (Å²) in [6.07, 6.45) is 2.03. The van der Waals surface area contributed by atoms with Crippen LogP contribution in [0.1, 0.15) is 43.5 Å². The van der Waals surface area contributed by atoms with Crippen molar-refractivity contribution in [2.75, 3.05) is 13.6 Å². The highest BCUT2D eigenvalue weighted by molar-refractivity contribution is 5.79. The SMILES string of the molecule is CCNC(=NCc1ccccc1[N+](=O)[O-])N(C)Cc1cn(C)nc1C(C)C. The molecule has 0 spiro atoms. The molecule has 0 atom stereocenters. The van der Waals surface area contributed by atoms with Crippen molar-refractivity contribution in [3.63, 3.8) is 0 Å². The number of hydrogen-bond donors (Lipinski definition) is 1. The zero-order valence-electron chi connectivity index (χ0n) is 16.6. The Morgan fingerprint density at radius 2 is 2.07 bits per heavy atom. The first-order valence-electron chi connectivity index (χ1n) is 9.07. The third-order valence-corrected chi connectivity index (χ3v) is 4.18. The van der Waals surface area contributed by atoms with Gasteiger partial charge in [-0.2, -0.15) is 5.10 Å². The zero-order valence-corrected chi connectivity index (χ0v) is 16.6. The minimum atomic E-state index is -0.369. The van der Waals surface area contributed by atoms with E-state index in [0.717, 1.165) is 11.3 Å². The molecule has 1 heterocycles. The molecule has 0 bridgehead atoms. The minimum absolute atomic E-state index is 0.0918. The van der Waals surface area contributed by atoms with Gasteiger partial charge in [-0.3, -0.25) is 14.8 Å². The normalized spacial score (nSPS) is 11.7. The number of aliphatic imine (C=N–C) groups is 1. The summed E-state index contributed by atoms with van der Waals surface area (Å²) in [5.74, 6) is 1.04. The van der Waals surface area contributed by atoms with Crippen molar-refractivity contribution >= 4 is 11.6 Å². The van der Waals surface area contributed by atoms with Gasteiger partial charge in [0.2, 0.25) is 0 Å². The first-order valence-corrected chi connectivity index (χ1v) is 9.07. The van der Waals surface area contributed by atoms with E-state index in [4.69, 9.17) is 0 Å². The molecule has 1 aromatic carbocycles. The fraction of sp³-hybridized carbons (Fsp3) is 0.474. The number of aryl methyl sites for hydroxylation is 1. The third-order valence-electron chi connectivity index (χ3n) is 4.18. The largest absolute Gasteiger partial charge is 0.357 e. The van der Waals surface area contributed by atoms with Crippen LogP contribution in [0.2, 0.25) is 0 Å². The van der Waals surface area contributed by atoms with E-state index in [1.54, 1.807) is 18.2 Å². The molecule has 146 valence electrons.